The minimum atomic E-state index is -5.02. The van der Waals surface area contributed by atoms with Gasteiger partial charge in [-0.3, -0.25) is 0 Å². The summed E-state index contributed by atoms with van der Waals surface area (Å²) in [5.41, 5.74) is 3.62. The SMILES string of the molecule is NC(=c1cc2c(cc1F)=C(c1ccccc1)c1cc(F)c(NCC(F)(F)F)cc1O2)C(F)(F)F. The second kappa shape index (κ2) is 8.23. The largest absolute Gasteiger partial charge is 0.456 e. The quantitative estimate of drug-likeness (QED) is 0.404. The number of anilines is 1. The highest BCUT2D eigenvalue weighted by Gasteiger charge is 2.33. The van der Waals surface area contributed by atoms with Crippen molar-refractivity contribution in [2.24, 2.45) is 5.73 Å². The maximum Gasteiger partial charge on any atom is 0.431 e. The summed E-state index contributed by atoms with van der Waals surface area (Å²) in [6, 6.07) is 11.6. The molecule has 1 heterocycles. The number of hydrogen-bond acceptors (Lipinski definition) is 3. The van der Waals surface area contributed by atoms with Gasteiger partial charge in [-0.1, -0.05) is 30.3 Å². The number of nitrogens with two attached hydrogens (primary N) is 1. The van der Waals surface area contributed by atoms with Gasteiger partial charge in [-0.15, -0.1) is 0 Å². The molecule has 0 aliphatic carbocycles. The molecular weight excluding hydrogens is 472 g/mol. The fourth-order valence-electron chi connectivity index (χ4n) is 3.54. The number of alkyl halides is 6. The smallest absolute Gasteiger partial charge is 0.431 e. The van der Waals surface area contributed by atoms with Gasteiger partial charge in [0.1, 0.15) is 35.4 Å². The summed E-state index contributed by atoms with van der Waals surface area (Å²) in [5.74, 6) is -2.68. The van der Waals surface area contributed by atoms with Gasteiger partial charge in [0.15, 0.2) is 0 Å². The Morgan fingerprint density at radius 2 is 1.53 bits per heavy atom. The molecule has 3 nitrogen and oxygen atoms in total. The van der Waals surface area contributed by atoms with Crippen molar-refractivity contribution in [1.29, 1.82) is 0 Å². The maximum atomic E-state index is 14.7. The standard InChI is InChI=1S/C23H14F8N2O/c24-15-6-13-18(8-12(15)21(32)23(29,30)31)34-19-9-17(33-10-22(26,27)28)16(25)7-14(19)20(13)11-4-2-1-3-5-11/h1-9,33H,10,32H2. The van der Waals surface area contributed by atoms with Crippen molar-refractivity contribution in [3.05, 3.63) is 87.8 Å². The van der Waals surface area contributed by atoms with Gasteiger partial charge < -0.3 is 15.8 Å². The Morgan fingerprint density at radius 1 is 0.853 bits per heavy atom. The third kappa shape index (κ3) is 4.50. The minimum absolute atomic E-state index is 0.0188. The summed E-state index contributed by atoms with van der Waals surface area (Å²) in [5, 5.41) is 0.978. The zero-order chi connectivity index (χ0) is 24.8. The Balaban J connectivity index is 2.00. The second-order valence-electron chi connectivity index (χ2n) is 7.38. The minimum Gasteiger partial charge on any atom is -0.456 e. The van der Waals surface area contributed by atoms with E-state index in [1.54, 1.807) is 30.3 Å². The molecule has 0 fully saturated rings. The van der Waals surface area contributed by atoms with E-state index in [4.69, 9.17) is 10.5 Å². The lowest BCUT2D eigenvalue weighted by Gasteiger charge is -2.23. The Hall–Kier alpha value is -3.76. The molecule has 0 saturated heterocycles. The molecule has 1 aliphatic rings. The molecule has 0 unspecified atom stereocenters. The van der Waals surface area contributed by atoms with Crippen molar-refractivity contribution in [3.8, 4) is 11.5 Å². The fourth-order valence-corrected chi connectivity index (χ4v) is 3.54. The summed E-state index contributed by atoms with van der Waals surface area (Å²) >= 11 is 0. The van der Waals surface area contributed by atoms with Crippen LogP contribution in [0.4, 0.5) is 40.8 Å². The zero-order valence-corrected chi connectivity index (χ0v) is 16.9. The summed E-state index contributed by atoms with van der Waals surface area (Å²) in [6.07, 6.45) is -9.65. The van der Waals surface area contributed by atoms with Crippen molar-refractivity contribution >= 4 is 17.0 Å². The molecule has 0 bridgehead atoms. The first-order valence-corrected chi connectivity index (χ1v) is 9.64. The monoisotopic (exact) mass is 486 g/mol. The van der Waals surface area contributed by atoms with Crippen LogP contribution in [0.5, 0.6) is 11.5 Å². The normalized spacial score (nSPS) is 14.2. The first kappa shape index (κ1) is 23.4. The van der Waals surface area contributed by atoms with Crippen LogP contribution in [0.3, 0.4) is 0 Å². The molecule has 1 aliphatic heterocycles. The third-order valence-corrected chi connectivity index (χ3v) is 5.03. The van der Waals surface area contributed by atoms with Crippen LogP contribution in [0.15, 0.2) is 54.6 Å². The van der Waals surface area contributed by atoms with Crippen molar-refractivity contribution < 1.29 is 39.9 Å². The molecule has 0 atom stereocenters. The predicted molar refractivity (Wildman–Crippen MR) is 108 cm³/mol. The van der Waals surface area contributed by atoms with E-state index >= 15 is 0 Å². The molecular formula is C23H14F8N2O. The first-order valence-electron chi connectivity index (χ1n) is 9.64. The van der Waals surface area contributed by atoms with E-state index < -0.39 is 47.1 Å². The van der Waals surface area contributed by atoms with Gasteiger partial charge in [0.25, 0.3) is 0 Å². The first-order chi connectivity index (χ1) is 15.8. The lowest BCUT2D eigenvalue weighted by atomic mass is 9.92. The summed E-state index contributed by atoms with van der Waals surface area (Å²) < 4.78 is 112. The van der Waals surface area contributed by atoms with Crippen LogP contribution >= 0.6 is 0 Å². The van der Waals surface area contributed by atoms with E-state index in [0.717, 1.165) is 24.3 Å². The summed E-state index contributed by atoms with van der Waals surface area (Å²) in [7, 11) is 0. The average molecular weight is 486 g/mol. The van der Waals surface area contributed by atoms with Gasteiger partial charge in [0.2, 0.25) is 0 Å². The van der Waals surface area contributed by atoms with Gasteiger partial charge in [0, 0.05) is 27.6 Å². The number of rotatable bonds is 3. The molecule has 3 N–H and O–H groups in total. The second-order valence-corrected chi connectivity index (χ2v) is 7.38. The molecule has 0 aromatic heterocycles. The van der Waals surface area contributed by atoms with Crippen molar-refractivity contribution in [1.82, 2.24) is 0 Å². The number of ether oxygens (including phenoxy) is 1. The molecule has 3 aromatic carbocycles. The van der Waals surface area contributed by atoms with Crippen LogP contribution in [0.1, 0.15) is 11.1 Å². The van der Waals surface area contributed by atoms with E-state index in [0.29, 0.717) is 5.56 Å². The number of benzene rings is 3. The number of hydrogen-bond donors (Lipinski definition) is 2. The summed E-state index contributed by atoms with van der Waals surface area (Å²) in [6.45, 7) is -1.53. The van der Waals surface area contributed by atoms with E-state index in [-0.39, 0.29) is 27.9 Å². The predicted octanol–water partition coefficient (Wildman–Crippen LogP) is 4.92. The topological polar surface area (TPSA) is 47.3 Å². The number of nitrogens with one attached hydrogen (secondary N) is 1. The molecule has 0 amide bonds. The third-order valence-electron chi connectivity index (χ3n) is 5.03. The van der Waals surface area contributed by atoms with Crippen LogP contribution < -0.4 is 26.2 Å². The molecule has 178 valence electrons. The van der Waals surface area contributed by atoms with Gasteiger partial charge >= 0.3 is 12.4 Å². The van der Waals surface area contributed by atoms with Crippen LogP contribution in [0, 0.1) is 11.6 Å². The fraction of sp³-hybridized carbons (Fsp3) is 0.130. The van der Waals surface area contributed by atoms with Gasteiger partial charge in [-0.25, -0.2) is 8.78 Å². The van der Waals surface area contributed by atoms with Crippen LogP contribution in [0.2, 0.25) is 0 Å². The van der Waals surface area contributed by atoms with Crippen LogP contribution in [-0.2, 0) is 0 Å². The molecule has 0 spiro atoms. The van der Waals surface area contributed by atoms with Crippen LogP contribution in [0.25, 0.3) is 11.3 Å². The number of halogens is 8. The Bertz CT molecular complexity index is 1380. The lowest BCUT2D eigenvalue weighted by Crippen LogP contribution is -2.31. The Kier molecular flexibility index (Phi) is 5.66. The van der Waals surface area contributed by atoms with Gasteiger partial charge in [0.05, 0.1) is 5.69 Å². The van der Waals surface area contributed by atoms with Crippen molar-refractivity contribution in [2.45, 2.75) is 12.4 Å². The highest BCUT2D eigenvalue weighted by atomic mass is 19.4. The van der Waals surface area contributed by atoms with Crippen molar-refractivity contribution in [2.75, 3.05) is 11.9 Å². The Morgan fingerprint density at radius 3 is 2.15 bits per heavy atom. The Labute approximate surface area is 186 Å². The lowest BCUT2D eigenvalue weighted by molar-refractivity contribution is -0.115. The molecule has 3 aromatic rings. The van der Waals surface area contributed by atoms with Crippen LogP contribution in [-0.4, -0.2) is 18.9 Å². The molecule has 0 radical (unpaired) electrons. The zero-order valence-electron chi connectivity index (χ0n) is 16.9. The molecule has 34 heavy (non-hydrogen) atoms. The van der Waals surface area contributed by atoms with E-state index in [1.165, 1.54) is 0 Å². The highest BCUT2D eigenvalue weighted by Crippen LogP contribution is 2.39. The van der Waals surface area contributed by atoms with Gasteiger partial charge in [-0.2, -0.15) is 26.3 Å². The molecule has 0 saturated carbocycles. The molecule has 11 heteroatoms. The van der Waals surface area contributed by atoms with Gasteiger partial charge in [-0.05, 0) is 23.8 Å². The van der Waals surface area contributed by atoms with E-state index in [2.05, 4.69) is 0 Å². The van der Waals surface area contributed by atoms with Crippen molar-refractivity contribution in [3.63, 3.8) is 0 Å². The highest BCUT2D eigenvalue weighted by molar-refractivity contribution is 5.86. The average Bonchev–Trinajstić information content (AvgIpc) is 2.75. The van der Waals surface area contributed by atoms with E-state index in [1.807, 2.05) is 5.32 Å². The summed E-state index contributed by atoms with van der Waals surface area (Å²) in [4.78, 5) is 0. The maximum absolute atomic E-state index is 14.7. The number of fused-ring (bicyclic) bond motifs is 2. The molecule has 4 rings (SSSR count). The van der Waals surface area contributed by atoms with E-state index in [9.17, 15) is 35.1 Å².